The van der Waals surface area contributed by atoms with Gasteiger partial charge in [0.1, 0.15) is 0 Å². The quantitative estimate of drug-likeness (QED) is 0.854. The predicted octanol–water partition coefficient (Wildman–Crippen LogP) is 1.73. The summed E-state index contributed by atoms with van der Waals surface area (Å²) in [6.07, 6.45) is 3.33. The molecule has 3 N–H and O–H groups in total. The molecule has 1 aromatic carbocycles. The third-order valence-electron chi connectivity index (χ3n) is 5.27. The van der Waals surface area contributed by atoms with Crippen molar-refractivity contribution in [3.8, 4) is 0 Å². The monoisotopic (exact) mass is 344 g/mol. The van der Waals surface area contributed by atoms with E-state index < -0.39 is 0 Å². The Morgan fingerprint density at radius 2 is 2.12 bits per heavy atom. The number of amides is 3. The number of likely N-dealkylation sites (tertiary alicyclic amines) is 1. The number of piperidine rings is 1. The number of hydrogen-bond acceptors (Lipinski definition) is 3. The lowest BCUT2D eigenvalue weighted by atomic mass is 9.95. The van der Waals surface area contributed by atoms with Crippen LogP contribution in [0.4, 0.5) is 10.5 Å². The van der Waals surface area contributed by atoms with E-state index in [2.05, 4.69) is 41.4 Å². The number of benzene rings is 1. The molecule has 0 bridgehead atoms. The van der Waals surface area contributed by atoms with E-state index in [1.165, 1.54) is 11.3 Å². The molecule has 136 valence electrons. The minimum atomic E-state index is -0.283. The first-order chi connectivity index (χ1) is 12.0. The fourth-order valence-corrected chi connectivity index (χ4v) is 4.07. The smallest absolute Gasteiger partial charge is 0.317 e. The van der Waals surface area contributed by atoms with Crippen LogP contribution in [0.2, 0.25) is 0 Å². The topological polar surface area (TPSA) is 78.7 Å². The Bertz CT molecular complexity index is 634. The van der Waals surface area contributed by atoms with Crippen LogP contribution in [-0.4, -0.2) is 49.1 Å². The van der Waals surface area contributed by atoms with E-state index in [9.17, 15) is 9.59 Å². The molecule has 2 atom stereocenters. The largest absolute Gasteiger partial charge is 0.370 e. The third kappa shape index (κ3) is 4.24. The molecule has 2 aliphatic rings. The van der Waals surface area contributed by atoms with Crippen molar-refractivity contribution < 1.29 is 9.59 Å². The first-order valence-electron chi connectivity index (χ1n) is 9.20. The highest BCUT2D eigenvalue weighted by atomic mass is 16.2. The van der Waals surface area contributed by atoms with Crippen LogP contribution < -0.4 is 16.0 Å². The van der Waals surface area contributed by atoms with Crippen LogP contribution in [-0.2, 0) is 11.2 Å². The van der Waals surface area contributed by atoms with Crippen LogP contribution in [0, 0.1) is 5.92 Å². The lowest BCUT2D eigenvalue weighted by Crippen LogP contribution is -2.48. The summed E-state index contributed by atoms with van der Waals surface area (Å²) in [5.41, 5.74) is 7.95. The molecule has 6 heteroatoms. The van der Waals surface area contributed by atoms with Gasteiger partial charge in [-0.05, 0) is 43.7 Å². The average molecular weight is 344 g/mol. The van der Waals surface area contributed by atoms with Crippen molar-refractivity contribution in [2.24, 2.45) is 11.7 Å². The van der Waals surface area contributed by atoms with Gasteiger partial charge in [0, 0.05) is 44.3 Å². The highest BCUT2D eigenvalue weighted by molar-refractivity contribution is 5.75. The Hall–Kier alpha value is -2.24. The molecule has 0 spiro atoms. The van der Waals surface area contributed by atoms with E-state index in [-0.39, 0.29) is 17.9 Å². The molecule has 25 heavy (non-hydrogen) atoms. The van der Waals surface area contributed by atoms with Gasteiger partial charge in [-0.3, -0.25) is 4.79 Å². The Morgan fingerprint density at radius 3 is 2.92 bits per heavy atom. The summed E-state index contributed by atoms with van der Waals surface area (Å²) in [5.74, 6) is -0.0866. The lowest BCUT2D eigenvalue weighted by molar-refractivity contribution is -0.119. The normalized spacial score (nSPS) is 22.6. The maximum atomic E-state index is 12.4. The first-order valence-corrected chi connectivity index (χ1v) is 9.20. The first kappa shape index (κ1) is 17.6. The van der Waals surface area contributed by atoms with Gasteiger partial charge >= 0.3 is 6.03 Å². The Kier molecular flexibility index (Phi) is 5.46. The van der Waals surface area contributed by atoms with Crippen LogP contribution in [0.5, 0.6) is 0 Å². The van der Waals surface area contributed by atoms with Crippen molar-refractivity contribution in [2.45, 2.75) is 38.6 Å². The molecule has 1 aromatic rings. The maximum absolute atomic E-state index is 12.4. The van der Waals surface area contributed by atoms with Crippen LogP contribution in [0.25, 0.3) is 0 Å². The maximum Gasteiger partial charge on any atom is 0.317 e. The molecule has 0 unspecified atom stereocenters. The molecule has 2 heterocycles. The molecule has 3 amide bonds. The van der Waals surface area contributed by atoms with E-state index in [0.29, 0.717) is 25.6 Å². The number of primary amides is 1. The van der Waals surface area contributed by atoms with E-state index >= 15 is 0 Å². The average Bonchev–Trinajstić information content (AvgIpc) is 2.90. The summed E-state index contributed by atoms with van der Waals surface area (Å²) in [5, 5.41) is 3.03. The van der Waals surface area contributed by atoms with E-state index in [4.69, 9.17) is 5.73 Å². The molecule has 2 aliphatic heterocycles. The van der Waals surface area contributed by atoms with Gasteiger partial charge in [-0.25, -0.2) is 4.79 Å². The second kappa shape index (κ2) is 7.76. The number of nitrogens with zero attached hydrogens (tertiary/aromatic N) is 2. The molecule has 3 rings (SSSR count). The molecule has 6 nitrogen and oxygen atoms in total. The minimum absolute atomic E-state index is 0.0331. The second-order valence-corrected chi connectivity index (χ2v) is 7.23. The van der Waals surface area contributed by atoms with Crippen LogP contribution >= 0.6 is 0 Å². The summed E-state index contributed by atoms with van der Waals surface area (Å²) in [6, 6.07) is 8.90. The number of para-hydroxylation sites is 1. The Morgan fingerprint density at radius 1 is 1.32 bits per heavy atom. The van der Waals surface area contributed by atoms with Gasteiger partial charge in [-0.1, -0.05) is 18.2 Å². The molecule has 1 fully saturated rings. The summed E-state index contributed by atoms with van der Waals surface area (Å²) in [6.45, 7) is 5.03. The Labute approximate surface area is 149 Å². The van der Waals surface area contributed by atoms with Crippen molar-refractivity contribution in [3.63, 3.8) is 0 Å². The number of carbonyl (C=O) groups excluding carboxylic acids is 2. The van der Waals surface area contributed by atoms with Crippen molar-refractivity contribution in [2.75, 3.05) is 31.1 Å². The number of carbonyl (C=O) groups is 2. The summed E-state index contributed by atoms with van der Waals surface area (Å²) < 4.78 is 0. The van der Waals surface area contributed by atoms with Gasteiger partial charge in [-0.2, -0.15) is 0 Å². The SMILES string of the molecule is C[C@H]1Cc2ccccc2N1CCNC(=O)N1CCC[C@@H](CC(N)=O)C1. The molecular formula is C19H28N4O2. The summed E-state index contributed by atoms with van der Waals surface area (Å²) in [4.78, 5) is 27.7. The van der Waals surface area contributed by atoms with Gasteiger partial charge in [0.05, 0.1) is 0 Å². The third-order valence-corrected chi connectivity index (χ3v) is 5.27. The van der Waals surface area contributed by atoms with Gasteiger partial charge in [0.15, 0.2) is 0 Å². The van der Waals surface area contributed by atoms with Crippen molar-refractivity contribution in [1.82, 2.24) is 10.2 Å². The fraction of sp³-hybridized carbons (Fsp3) is 0.579. The zero-order valence-corrected chi connectivity index (χ0v) is 14.9. The van der Waals surface area contributed by atoms with Gasteiger partial charge in [-0.15, -0.1) is 0 Å². The number of urea groups is 1. The highest BCUT2D eigenvalue weighted by Gasteiger charge is 2.27. The van der Waals surface area contributed by atoms with E-state index in [1.807, 2.05) is 4.90 Å². The minimum Gasteiger partial charge on any atom is -0.370 e. The van der Waals surface area contributed by atoms with E-state index in [1.54, 1.807) is 0 Å². The predicted molar refractivity (Wildman–Crippen MR) is 98.5 cm³/mol. The summed E-state index contributed by atoms with van der Waals surface area (Å²) in [7, 11) is 0. The number of nitrogens with two attached hydrogens (primary N) is 1. The fourth-order valence-electron chi connectivity index (χ4n) is 4.07. The number of nitrogens with one attached hydrogen (secondary N) is 1. The van der Waals surface area contributed by atoms with Gasteiger partial charge in [0.2, 0.25) is 5.91 Å². The standard InChI is InChI=1S/C19H28N4O2/c1-14-11-16-6-2-3-7-17(16)23(14)10-8-21-19(25)22-9-4-5-15(13-22)12-18(20)24/h2-3,6-7,14-15H,4-5,8-13H2,1H3,(H2,20,24)(H,21,25)/t14-,15-/m0/s1. The molecule has 0 radical (unpaired) electrons. The van der Waals surface area contributed by atoms with Crippen molar-refractivity contribution in [1.29, 1.82) is 0 Å². The van der Waals surface area contributed by atoms with Crippen molar-refractivity contribution in [3.05, 3.63) is 29.8 Å². The molecule has 0 aliphatic carbocycles. The number of rotatable bonds is 5. The number of anilines is 1. The summed E-state index contributed by atoms with van der Waals surface area (Å²) >= 11 is 0. The highest BCUT2D eigenvalue weighted by Crippen LogP contribution is 2.31. The molecular weight excluding hydrogens is 316 g/mol. The van der Waals surface area contributed by atoms with Gasteiger partial charge < -0.3 is 20.9 Å². The zero-order valence-electron chi connectivity index (χ0n) is 14.9. The molecule has 1 saturated heterocycles. The lowest BCUT2D eigenvalue weighted by Gasteiger charge is -2.32. The van der Waals surface area contributed by atoms with Crippen LogP contribution in [0.1, 0.15) is 31.7 Å². The Balaban J connectivity index is 1.47. The molecule has 0 aromatic heterocycles. The number of hydrogen-bond donors (Lipinski definition) is 2. The second-order valence-electron chi connectivity index (χ2n) is 7.23. The van der Waals surface area contributed by atoms with E-state index in [0.717, 1.165) is 32.4 Å². The number of fused-ring (bicyclic) bond motifs is 1. The van der Waals surface area contributed by atoms with Gasteiger partial charge in [0.25, 0.3) is 0 Å². The van der Waals surface area contributed by atoms with Crippen LogP contribution in [0.3, 0.4) is 0 Å². The molecule has 0 saturated carbocycles. The zero-order chi connectivity index (χ0) is 17.8. The van der Waals surface area contributed by atoms with Crippen LogP contribution in [0.15, 0.2) is 24.3 Å². The van der Waals surface area contributed by atoms with Crippen molar-refractivity contribution >= 4 is 17.6 Å².